The summed E-state index contributed by atoms with van der Waals surface area (Å²) in [5.41, 5.74) is 1.39. The highest BCUT2D eigenvalue weighted by Crippen LogP contribution is 2.16. The topological polar surface area (TPSA) is 9.23 Å². The molecule has 0 aliphatic carbocycles. The van der Waals surface area contributed by atoms with Crippen LogP contribution < -0.4 is 0 Å². The van der Waals surface area contributed by atoms with Gasteiger partial charge in [0.05, 0.1) is 0 Å². The third-order valence-corrected chi connectivity index (χ3v) is 3.23. The van der Waals surface area contributed by atoms with Crippen molar-refractivity contribution < 1.29 is 4.74 Å². The molecule has 1 aromatic rings. The van der Waals surface area contributed by atoms with Gasteiger partial charge in [-0.1, -0.05) is 36.8 Å². The van der Waals surface area contributed by atoms with Crippen LogP contribution in [0.25, 0.3) is 0 Å². The van der Waals surface area contributed by atoms with E-state index in [9.17, 15) is 0 Å². The monoisotopic (exact) mass is 240 g/mol. The molecule has 0 bridgehead atoms. The van der Waals surface area contributed by atoms with Crippen LogP contribution in [0.2, 0.25) is 0 Å². The molecule has 0 fully saturated rings. The zero-order valence-electron chi connectivity index (χ0n) is 9.99. The van der Waals surface area contributed by atoms with Gasteiger partial charge in [-0.3, -0.25) is 0 Å². The molecule has 0 aliphatic heterocycles. The van der Waals surface area contributed by atoms with Crippen molar-refractivity contribution in [2.45, 2.75) is 25.7 Å². The smallest absolute Gasteiger partial charge is 0.0462 e. The van der Waals surface area contributed by atoms with Gasteiger partial charge < -0.3 is 4.74 Å². The number of methoxy groups -OCH3 is 1. The van der Waals surface area contributed by atoms with Crippen LogP contribution in [0.1, 0.15) is 24.8 Å². The molecule has 16 heavy (non-hydrogen) atoms. The summed E-state index contributed by atoms with van der Waals surface area (Å²) in [5, 5.41) is 0. The first-order valence-corrected chi connectivity index (χ1v) is 6.49. The van der Waals surface area contributed by atoms with Gasteiger partial charge in [0.1, 0.15) is 0 Å². The van der Waals surface area contributed by atoms with E-state index in [0.29, 0.717) is 5.92 Å². The minimum atomic E-state index is 0.598. The van der Waals surface area contributed by atoms with Crippen LogP contribution in [0.5, 0.6) is 0 Å². The van der Waals surface area contributed by atoms with Gasteiger partial charge in [-0.05, 0) is 30.7 Å². The predicted molar refractivity (Wildman–Crippen MR) is 70.1 cm³/mol. The SMILES string of the molecule is COCCCCC(CCl)Cc1ccccc1. The lowest BCUT2D eigenvalue weighted by molar-refractivity contribution is 0.190. The van der Waals surface area contributed by atoms with Crippen molar-refractivity contribution in [2.75, 3.05) is 19.6 Å². The highest BCUT2D eigenvalue weighted by atomic mass is 35.5. The van der Waals surface area contributed by atoms with Crippen molar-refractivity contribution in [2.24, 2.45) is 5.92 Å². The highest BCUT2D eigenvalue weighted by Gasteiger charge is 2.07. The summed E-state index contributed by atoms with van der Waals surface area (Å²) in [5.74, 6) is 1.35. The molecular formula is C14H21ClO. The zero-order valence-corrected chi connectivity index (χ0v) is 10.7. The maximum Gasteiger partial charge on any atom is 0.0462 e. The molecule has 0 N–H and O–H groups in total. The minimum absolute atomic E-state index is 0.598. The van der Waals surface area contributed by atoms with Gasteiger partial charge in [-0.15, -0.1) is 11.6 Å². The van der Waals surface area contributed by atoms with Crippen LogP contribution in [0.3, 0.4) is 0 Å². The lowest BCUT2D eigenvalue weighted by Crippen LogP contribution is -2.07. The fourth-order valence-electron chi connectivity index (χ4n) is 1.86. The first-order chi connectivity index (χ1) is 7.86. The minimum Gasteiger partial charge on any atom is -0.385 e. The molecule has 0 heterocycles. The maximum absolute atomic E-state index is 6.00. The molecule has 0 saturated heterocycles. The summed E-state index contributed by atoms with van der Waals surface area (Å²) in [6, 6.07) is 10.6. The Hall–Kier alpha value is -0.530. The lowest BCUT2D eigenvalue weighted by Gasteiger charge is -2.13. The number of benzene rings is 1. The summed E-state index contributed by atoms with van der Waals surface area (Å²) in [6.45, 7) is 0.861. The van der Waals surface area contributed by atoms with Gasteiger partial charge in [-0.25, -0.2) is 0 Å². The van der Waals surface area contributed by atoms with Crippen molar-refractivity contribution in [1.29, 1.82) is 0 Å². The molecule has 1 atom stereocenters. The van der Waals surface area contributed by atoms with Crippen LogP contribution in [-0.4, -0.2) is 19.6 Å². The molecule has 0 aliphatic rings. The Bertz CT molecular complexity index is 261. The molecule has 1 rings (SSSR count). The Labute approximate surface area is 104 Å². The average molecular weight is 241 g/mol. The first kappa shape index (κ1) is 13.5. The normalized spacial score (nSPS) is 12.6. The third-order valence-electron chi connectivity index (χ3n) is 2.80. The Morgan fingerprint density at radius 3 is 2.56 bits per heavy atom. The Morgan fingerprint density at radius 1 is 1.19 bits per heavy atom. The summed E-state index contributed by atoms with van der Waals surface area (Å²) < 4.78 is 5.04. The number of rotatable bonds is 8. The van der Waals surface area contributed by atoms with E-state index in [1.807, 2.05) is 0 Å². The van der Waals surface area contributed by atoms with Crippen molar-refractivity contribution >= 4 is 11.6 Å². The second kappa shape index (κ2) is 8.60. The lowest BCUT2D eigenvalue weighted by atomic mass is 9.96. The molecule has 90 valence electrons. The maximum atomic E-state index is 6.00. The van der Waals surface area contributed by atoms with Gasteiger partial charge in [0.25, 0.3) is 0 Å². The van der Waals surface area contributed by atoms with E-state index in [4.69, 9.17) is 16.3 Å². The van der Waals surface area contributed by atoms with E-state index in [2.05, 4.69) is 30.3 Å². The van der Waals surface area contributed by atoms with Gasteiger partial charge in [0.15, 0.2) is 0 Å². The Morgan fingerprint density at radius 2 is 1.94 bits per heavy atom. The van der Waals surface area contributed by atoms with Crippen LogP contribution in [0.15, 0.2) is 30.3 Å². The van der Waals surface area contributed by atoms with Crippen LogP contribution in [0.4, 0.5) is 0 Å². The van der Waals surface area contributed by atoms with E-state index >= 15 is 0 Å². The average Bonchev–Trinajstić information content (AvgIpc) is 2.34. The Kier molecular flexibility index (Phi) is 7.28. The molecule has 1 nitrogen and oxygen atoms in total. The van der Waals surface area contributed by atoms with Gasteiger partial charge in [-0.2, -0.15) is 0 Å². The molecule has 2 heteroatoms. The molecule has 1 aromatic carbocycles. The van der Waals surface area contributed by atoms with E-state index in [1.54, 1.807) is 7.11 Å². The van der Waals surface area contributed by atoms with Gasteiger partial charge >= 0.3 is 0 Å². The highest BCUT2D eigenvalue weighted by molar-refractivity contribution is 6.18. The van der Waals surface area contributed by atoms with Crippen LogP contribution in [0, 0.1) is 5.92 Å². The van der Waals surface area contributed by atoms with E-state index in [-0.39, 0.29) is 0 Å². The zero-order chi connectivity index (χ0) is 11.6. The molecule has 0 spiro atoms. The van der Waals surface area contributed by atoms with Crippen molar-refractivity contribution in [3.63, 3.8) is 0 Å². The number of alkyl halides is 1. The van der Waals surface area contributed by atoms with E-state index in [0.717, 1.165) is 25.3 Å². The fraction of sp³-hybridized carbons (Fsp3) is 0.571. The standard InChI is InChI=1S/C14H21ClO/c1-16-10-6-5-9-14(12-15)11-13-7-3-2-4-8-13/h2-4,7-8,14H,5-6,9-12H2,1H3. The Balaban J connectivity index is 2.26. The summed E-state index contributed by atoms with van der Waals surface area (Å²) >= 11 is 6.00. The fourth-order valence-corrected chi connectivity index (χ4v) is 2.12. The first-order valence-electron chi connectivity index (χ1n) is 5.95. The van der Waals surface area contributed by atoms with Gasteiger partial charge in [0, 0.05) is 19.6 Å². The van der Waals surface area contributed by atoms with Crippen LogP contribution >= 0.6 is 11.6 Å². The van der Waals surface area contributed by atoms with Crippen molar-refractivity contribution in [1.82, 2.24) is 0 Å². The largest absolute Gasteiger partial charge is 0.385 e. The van der Waals surface area contributed by atoms with Crippen molar-refractivity contribution in [3.05, 3.63) is 35.9 Å². The van der Waals surface area contributed by atoms with E-state index in [1.165, 1.54) is 18.4 Å². The number of hydrogen-bond donors (Lipinski definition) is 0. The van der Waals surface area contributed by atoms with E-state index < -0.39 is 0 Å². The van der Waals surface area contributed by atoms with Crippen molar-refractivity contribution in [3.8, 4) is 0 Å². The van der Waals surface area contributed by atoms with Gasteiger partial charge in [0.2, 0.25) is 0 Å². The molecule has 0 saturated carbocycles. The predicted octanol–water partition coefficient (Wildman–Crippen LogP) is 3.90. The second-order valence-electron chi connectivity index (χ2n) is 4.20. The number of unbranched alkanes of at least 4 members (excludes halogenated alkanes) is 1. The number of hydrogen-bond acceptors (Lipinski definition) is 1. The third kappa shape index (κ3) is 5.53. The number of halogens is 1. The summed E-state index contributed by atoms with van der Waals surface area (Å²) in [6.07, 6.45) is 4.63. The summed E-state index contributed by atoms with van der Waals surface area (Å²) in [4.78, 5) is 0. The quantitative estimate of drug-likeness (QED) is 0.495. The molecule has 0 amide bonds. The molecule has 0 aromatic heterocycles. The molecule has 1 unspecified atom stereocenters. The molecular weight excluding hydrogens is 220 g/mol. The summed E-state index contributed by atoms with van der Waals surface area (Å²) in [7, 11) is 1.75. The van der Waals surface area contributed by atoms with Crippen LogP contribution in [-0.2, 0) is 11.2 Å². The number of ether oxygens (including phenoxy) is 1. The molecule has 0 radical (unpaired) electrons. The second-order valence-corrected chi connectivity index (χ2v) is 4.51.